The van der Waals surface area contributed by atoms with Gasteiger partial charge in [0.1, 0.15) is 6.10 Å². The van der Waals surface area contributed by atoms with Crippen LogP contribution in [-0.4, -0.2) is 54.1 Å². The van der Waals surface area contributed by atoms with Gasteiger partial charge in [-0.1, -0.05) is 30.3 Å². The average molecular weight is 314 g/mol. The van der Waals surface area contributed by atoms with E-state index < -0.39 is 0 Å². The van der Waals surface area contributed by atoms with Gasteiger partial charge in [0.05, 0.1) is 6.61 Å². The predicted octanol–water partition coefficient (Wildman–Crippen LogP) is 2.29. The number of benzene rings is 1. The molecule has 1 saturated carbocycles. The summed E-state index contributed by atoms with van der Waals surface area (Å²) in [5, 5.41) is 0. The van der Waals surface area contributed by atoms with Crippen molar-refractivity contribution in [3.63, 3.8) is 0 Å². The quantitative estimate of drug-likeness (QED) is 0.855. The number of hydrogen-bond acceptors (Lipinski definition) is 3. The third kappa shape index (κ3) is 3.43. The highest BCUT2D eigenvalue weighted by Crippen LogP contribution is 2.40. The molecule has 0 radical (unpaired) electrons. The maximum absolute atomic E-state index is 12.9. The Bertz CT molecular complexity index is 544. The summed E-state index contributed by atoms with van der Waals surface area (Å²) in [7, 11) is 0. The number of amides is 1. The van der Waals surface area contributed by atoms with E-state index in [-0.39, 0.29) is 12.0 Å². The summed E-state index contributed by atoms with van der Waals surface area (Å²) in [5.41, 5.74) is 1.30. The highest BCUT2D eigenvalue weighted by molar-refractivity contribution is 5.82. The first kappa shape index (κ1) is 15.2. The number of carbonyl (C=O) groups excluding carboxylic acids is 1. The van der Waals surface area contributed by atoms with Crippen molar-refractivity contribution in [2.45, 2.75) is 44.4 Å². The van der Waals surface area contributed by atoms with Crippen molar-refractivity contribution in [2.24, 2.45) is 5.92 Å². The summed E-state index contributed by atoms with van der Waals surface area (Å²) in [4.78, 5) is 17.4. The second kappa shape index (κ2) is 6.62. The lowest BCUT2D eigenvalue weighted by molar-refractivity contribution is -0.151. The zero-order valence-electron chi connectivity index (χ0n) is 13.7. The molecule has 3 fully saturated rings. The topological polar surface area (TPSA) is 32.8 Å². The molecule has 0 spiro atoms. The molecule has 23 heavy (non-hydrogen) atoms. The minimum absolute atomic E-state index is 0.233. The van der Waals surface area contributed by atoms with Crippen molar-refractivity contribution in [1.82, 2.24) is 9.80 Å². The molecule has 2 heterocycles. The van der Waals surface area contributed by atoms with Gasteiger partial charge in [-0.3, -0.25) is 9.69 Å². The van der Waals surface area contributed by atoms with E-state index in [9.17, 15) is 4.79 Å². The molecule has 0 bridgehead atoms. The Morgan fingerprint density at radius 1 is 1.13 bits per heavy atom. The largest absolute Gasteiger partial charge is 0.366 e. The minimum atomic E-state index is -0.271. The number of nitrogens with zero attached hydrogens (tertiary/aromatic N) is 2. The van der Waals surface area contributed by atoms with E-state index in [0.29, 0.717) is 12.6 Å². The van der Waals surface area contributed by atoms with Crippen LogP contribution >= 0.6 is 0 Å². The summed E-state index contributed by atoms with van der Waals surface area (Å²) < 4.78 is 5.84. The molecule has 2 aliphatic heterocycles. The minimum Gasteiger partial charge on any atom is -0.366 e. The smallest absolute Gasteiger partial charge is 0.253 e. The molecule has 1 aromatic rings. The van der Waals surface area contributed by atoms with E-state index in [0.717, 1.165) is 38.5 Å². The van der Waals surface area contributed by atoms with Crippen molar-refractivity contribution in [3.05, 3.63) is 35.9 Å². The van der Waals surface area contributed by atoms with Gasteiger partial charge in [-0.05, 0) is 37.2 Å². The van der Waals surface area contributed by atoms with Crippen molar-refractivity contribution in [1.29, 1.82) is 0 Å². The van der Waals surface area contributed by atoms with Crippen LogP contribution in [0.1, 0.15) is 31.2 Å². The van der Waals surface area contributed by atoms with Gasteiger partial charge in [0.15, 0.2) is 0 Å². The van der Waals surface area contributed by atoms with E-state index in [1.807, 2.05) is 6.07 Å². The molecule has 4 heteroatoms. The van der Waals surface area contributed by atoms with E-state index in [1.165, 1.54) is 24.8 Å². The fraction of sp³-hybridized carbons (Fsp3) is 0.632. The monoisotopic (exact) mass is 314 g/mol. The molecule has 0 N–H and O–H groups in total. The molecule has 4 rings (SSSR count). The molecular formula is C19H26N2O2. The summed E-state index contributed by atoms with van der Waals surface area (Å²) in [6.45, 7) is 4.12. The summed E-state index contributed by atoms with van der Waals surface area (Å²) in [5.74, 6) is 1.00. The lowest BCUT2D eigenvalue weighted by atomic mass is 10.1. The SMILES string of the molecule is O=C([C@@H]1CN(Cc2ccccc2)CCO1)N1CCC[C@@H]1C1CC1. The second-order valence-corrected chi connectivity index (χ2v) is 7.16. The van der Waals surface area contributed by atoms with E-state index >= 15 is 0 Å². The Balaban J connectivity index is 1.37. The third-order valence-corrected chi connectivity index (χ3v) is 5.42. The summed E-state index contributed by atoms with van der Waals surface area (Å²) >= 11 is 0. The maximum Gasteiger partial charge on any atom is 0.253 e. The van der Waals surface area contributed by atoms with Gasteiger partial charge in [-0.15, -0.1) is 0 Å². The first-order valence-electron chi connectivity index (χ1n) is 8.99. The van der Waals surface area contributed by atoms with Crippen LogP contribution in [0.15, 0.2) is 30.3 Å². The molecule has 124 valence electrons. The van der Waals surface area contributed by atoms with E-state index in [2.05, 4.69) is 34.1 Å². The van der Waals surface area contributed by atoms with Crippen LogP contribution in [0.4, 0.5) is 0 Å². The van der Waals surface area contributed by atoms with Crippen molar-refractivity contribution >= 4 is 5.91 Å². The fourth-order valence-corrected chi connectivity index (χ4v) is 4.06. The first-order chi connectivity index (χ1) is 11.3. The van der Waals surface area contributed by atoms with Gasteiger partial charge in [-0.2, -0.15) is 0 Å². The van der Waals surface area contributed by atoms with Crippen molar-refractivity contribution < 1.29 is 9.53 Å². The van der Waals surface area contributed by atoms with Gasteiger partial charge < -0.3 is 9.64 Å². The van der Waals surface area contributed by atoms with E-state index in [1.54, 1.807) is 0 Å². The molecule has 0 unspecified atom stereocenters. The third-order valence-electron chi connectivity index (χ3n) is 5.42. The predicted molar refractivity (Wildman–Crippen MR) is 88.9 cm³/mol. The first-order valence-corrected chi connectivity index (χ1v) is 8.99. The molecule has 1 aliphatic carbocycles. The number of hydrogen-bond donors (Lipinski definition) is 0. The summed E-state index contributed by atoms with van der Waals surface area (Å²) in [6, 6.07) is 11.0. The molecule has 0 aromatic heterocycles. The molecule has 1 aromatic carbocycles. The van der Waals surface area contributed by atoms with Crippen LogP contribution in [-0.2, 0) is 16.1 Å². The molecular weight excluding hydrogens is 288 g/mol. The number of likely N-dealkylation sites (tertiary alicyclic amines) is 1. The Labute approximate surface area is 138 Å². The number of rotatable bonds is 4. The van der Waals surface area contributed by atoms with E-state index in [4.69, 9.17) is 4.74 Å². The van der Waals surface area contributed by atoms with Crippen LogP contribution in [0.2, 0.25) is 0 Å². The Morgan fingerprint density at radius 3 is 2.74 bits per heavy atom. The van der Waals surface area contributed by atoms with Crippen molar-refractivity contribution in [2.75, 3.05) is 26.2 Å². The van der Waals surface area contributed by atoms with Crippen LogP contribution in [0.25, 0.3) is 0 Å². The van der Waals surface area contributed by atoms with Crippen LogP contribution < -0.4 is 0 Å². The molecule has 3 aliphatic rings. The normalized spacial score (nSPS) is 29.0. The molecule has 4 nitrogen and oxygen atoms in total. The van der Waals surface area contributed by atoms with Gasteiger partial charge in [0.2, 0.25) is 0 Å². The highest BCUT2D eigenvalue weighted by atomic mass is 16.5. The lowest BCUT2D eigenvalue weighted by Gasteiger charge is -2.35. The van der Waals surface area contributed by atoms with Gasteiger partial charge >= 0.3 is 0 Å². The number of morpholine rings is 1. The Hall–Kier alpha value is -1.39. The van der Waals surface area contributed by atoms with Gasteiger partial charge in [0.25, 0.3) is 5.91 Å². The molecule has 2 saturated heterocycles. The Morgan fingerprint density at radius 2 is 1.96 bits per heavy atom. The standard InChI is InChI=1S/C19H26N2O2/c22-19(21-10-4-7-17(21)16-8-9-16)18-14-20(11-12-23-18)13-15-5-2-1-3-6-15/h1-3,5-6,16-18H,4,7-14H2/t17-,18+/m1/s1. The lowest BCUT2D eigenvalue weighted by Crippen LogP contribution is -2.52. The molecule has 1 amide bonds. The highest BCUT2D eigenvalue weighted by Gasteiger charge is 2.42. The summed E-state index contributed by atoms with van der Waals surface area (Å²) in [6.07, 6.45) is 4.69. The fourth-order valence-electron chi connectivity index (χ4n) is 4.06. The number of ether oxygens (including phenoxy) is 1. The Kier molecular flexibility index (Phi) is 4.36. The zero-order chi connectivity index (χ0) is 15.6. The van der Waals surface area contributed by atoms with Crippen LogP contribution in [0.5, 0.6) is 0 Å². The second-order valence-electron chi connectivity index (χ2n) is 7.16. The van der Waals surface area contributed by atoms with Crippen molar-refractivity contribution in [3.8, 4) is 0 Å². The van der Waals surface area contributed by atoms with Crippen LogP contribution in [0.3, 0.4) is 0 Å². The zero-order valence-corrected chi connectivity index (χ0v) is 13.7. The molecule has 2 atom stereocenters. The van der Waals surface area contributed by atoms with Crippen LogP contribution in [0, 0.1) is 5.92 Å². The number of carbonyl (C=O) groups is 1. The van der Waals surface area contributed by atoms with Gasteiger partial charge in [-0.25, -0.2) is 0 Å². The van der Waals surface area contributed by atoms with Gasteiger partial charge in [0, 0.05) is 32.2 Å². The maximum atomic E-state index is 12.9. The average Bonchev–Trinajstić information content (AvgIpc) is 3.32.